The van der Waals surface area contributed by atoms with Crippen molar-refractivity contribution in [3.05, 3.63) is 78.3 Å². The Kier molecular flexibility index (Phi) is 6.27. The molecule has 4 aromatic rings. The third kappa shape index (κ3) is 4.14. The Bertz CT molecular complexity index is 1350. The number of hydrogen-bond acceptors (Lipinski definition) is 8. The highest BCUT2D eigenvalue weighted by Crippen LogP contribution is 2.37. The van der Waals surface area contributed by atoms with Crippen LogP contribution in [-0.2, 0) is 17.0 Å². The molecule has 34 heavy (non-hydrogen) atoms. The van der Waals surface area contributed by atoms with Crippen molar-refractivity contribution in [3.8, 4) is 11.5 Å². The zero-order valence-corrected chi connectivity index (χ0v) is 19.4. The Morgan fingerprint density at radius 3 is 2.82 bits per heavy atom. The number of allylic oxidation sites excluding steroid dienone is 1. The maximum atomic E-state index is 12.5. The summed E-state index contributed by atoms with van der Waals surface area (Å²) in [5.41, 5.74) is 1.40. The number of para-hydroxylation sites is 3. The van der Waals surface area contributed by atoms with Gasteiger partial charge in [-0.3, -0.25) is 4.57 Å². The molecular weight excluding hydrogens is 454 g/mol. The van der Waals surface area contributed by atoms with Gasteiger partial charge < -0.3 is 18.6 Å². The molecule has 2 aromatic heterocycles. The monoisotopic (exact) mass is 477 g/mol. The first-order chi connectivity index (χ1) is 16.7. The van der Waals surface area contributed by atoms with Crippen LogP contribution in [0.5, 0.6) is 11.5 Å². The number of ether oxygens (including phenoxy) is 3. The summed E-state index contributed by atoms with van der Waals surface area (Å²) in [7, 11) is 0. The van der Waals surface area contributed by atoms with Gasteiger partial charge in [0.25, 0.3) is 0 Å². The van der Waals surface area contributed by atoms with Crippen molar-refractivity contribution in [1.82, 2.24) is 14.8 Å². The maximum Gasteiger partial charge on any atom is 0.374 e. The Balaban J connectivity index is 1.43. The summed E-state index contributed by atoms with van der Waals surface area (Å²) in [5.74, 6) is 2.22. The van der Waals surface area contributed by atoms with E-state index in [4.69, 9.17) is 18.6 Å². The molecule has 0 spiro atoms. The van der Waals surface area contributed by atoms with Crippen LogP contribution in [0.25, 0.3) is 11.0 Å². The third-order valence-electron chi connectivity index (χ3n) is 5.36. The molecule has 0 unspecified atom stereocenters. The van der Waals surface area contributed by atoms with E-state index >= 15 is 0 Å². The number of carbonyl (C=O) groups is 1. The molecule has 0 aliphatic carbocycles. The number of hydrogen-bond donors (Lipinski definition) is 0. The lowest BCUT2D eigenvalue weighted by molar-refractivity contribution is 0.0491. The van der Waals surface area contributed by atoms with Crippen LogP contribution < -0.4 is 9.47 Å². The van der Waals surface area contributed by atoms with E-state index in [0.717, 1.165) is 10.9 Å². The molecule has 0 amide bonds. The summed E-state index contributed by atoms with van der Waals surface area (Å²) >= 11 is 1.46. The number of nitrogens with zero attached hydrogens (tertiary/aromatic N) is 3. The molecular formula is C25H23N3O5S. The van der Waals surface area contributed by atoms with Crippen LogP contribution in [-0.4, -0.2) is 33.9 Å². The van der Waals surface area contributed by atoms with Crippen molar-refractivity contribution in [2.75, 3.05) is 13.2 Å². The predicted octanol–water partition coefficient (Wildman–Crippen LogP) is 5.19. The predicted molar refractivity (Wildman–Crippen MR) is 127 cm³/mol. The minimum atomic E-state index is -0.478. The highest BCUT2D eigenvalue weighted by atomic mass is 32.2. The SMILES string of the molecule is C=CCn1c(SCc2c(C(=O)OCC)oc3ccccc23)nnc1[C@H]1COc2ccccc2O1. The molecule has 0 fully saturated rings. The van der Waals surface area contributed by atoms with Gasteiger partial charge in [0.15, 0.2) is 28.6 Å². The molecule has 1 aliphatic rings. The fraction of sp³-hybridized carbons (Fsp3) is 0.240. The van der Waals surface area contributed by atoms with Gasteiger partial charge >= 0.3 is 5.97 Å². The van der Waals surface area contributed by atoms with Gasteiger partial charge in [0.05, 0.1) is 6.61 Å². The largest absolute Gasteiger partial charge is 0.485 e. The fourth-order valence-corrected chi connectivity index (χ4v) is 4.82. The molecule has 2 aromatic carbocycles. The first-order valence-corrected chi connectivity index (χ1v) is 11.9. The minimum Gasteiger partial charge on any atom is -0.485 e. The van der Waals surface area contributed by atoms with Gasteiger partial charge in [0.2, 0.25) is 5.76 Å². The highest BCUT2D eigenvalue weighted by molar-refractivity contribution is 7.98. The van der Waals surface area contributed by atoms with Crippen LogP contribution in [0.3, 0.4) is 0 Å². The molecule has 5 rings (SSSR count). The van der Waals surface area contributed by atoms with Crippen molar-refractivity contribution in [3.63, 3.8) is 0 Å². The second kappa shape index (κ2) is 9.64. The van der Waals surface area contributed by atoms with E-state index in [1.807, 2.05) is 53.1 Å². The van der Waals surface area contributed by atoms with Crippen LogP contribution in [0.4, 0.5) is 0 Å². The van der Waals surface area contributed by atoms with E-state index in [1.54, 1.807) is 13.0 Å². The quantitative estimate of drug-likeness (QED) is 0.195. The van der Waals surface area contributed by atoms with E-state index < -0.39 is 12.1 Å². The number of carbonyl (C=O) groups excluding carboxylic acids is 1. The van der Waals surface area contributed by atoms with Crippen molar-refractivity contribution in [2.45, 2.75) is 30.5 Å². The van der Waals surface area contributed by atoms with E-state index in [1.165, 1.54) is 11.8 Å². The Hall–Kier alpha value is -3.72. The third-order valence-corrected chi connectivity index (χ3v) is 6.35. The number of fused-ring (bicyclic) bond motifs is 2. The molecule has 0 bridgehead atoms. The zero-order chi connectivity index (χ0) is 23.5. The van der Waals surface area contributed by atoms with Gasteiger partial charge in [-0.05, 0) is 25.1 Å². The number of aromatic nitrogens is 3. The topological polar surface area (TPSA) is 88.6 Å². The molecule has 174 valence electrons. The minimum absolute atomic E-state index is 0.214. The van der Waals surface area contributed by atoms with Gasteiger partial charge in [-0.2, -0.15) is 0 Å². The van der Waals surface area contributed by atoms with E-state index in [2.05, 4.69) is 16.8 Å². The van der Waals surface area contributed by atoms with Crippen LogP contribution >= 0.6 is 11.8 Å². The molecule has 1 aliphatic heterocycles. The first-order valence-electron chi connectivity index (χ1n) is 10.9. The van der Waals surface area contributed by atoms with Crippen LogP contribution in [0.2, 0.25) is 0 Å². The van der Waals surface area contributed by atoms with Crippen molar-refractivity contribution in [1.29, 1.82) is 0 Å². The maximum absolute atomic E-state index is 12.5. The lowest BCUT2D eigenvalue weighted by Crippen LogP contribution is -2.25. The lowest BCUT2D eigenvalue weighted by Gasteiger charge is -2.26. The summed E-state index contributed by atoms with van der Waals surface area (Å²) < 4.78 is 25.0. The fourth-order valence-electron chi connectivity index (χ4n) is 3.83. The molecule has 0 saturated carbocycles. The summed E-state index contributed by atoms with van der Waals surface area (Å²) in [5, 5.41) is 10.4. The van der Waals surface area contributed by atoms with Crippen LogP contribution in [0.1, 0.15) is 35.0 Å². The molecule has 0 saturated heterocycles. The van der Waals surface area contributed by atoms with Gasteiger partial charge in [0.1, 0.15) is 12.2 Å². The van der Waals surface area contributed by atoms with Gasteiger partial charge in [0, 0.05) is 23.2 Å². The summed E-state index contributed by atoms with van der Waals surface area (Å²) in [6.07, 6.45) is 1.38. The number of benzene rings is 2. The number of thioether (sulfide) groups is 1. The molecule has 3 heterocycles. The van der Waals surface area contributed by atoms with Crippen molar-refractivity contribution >= 4 is 28.7 Å². The lowest BCUT2D eigenvalue weighted by atomic mass is 10.1. The van der Waals surface area contributed by atoms with E-state index in [-0.39, 0.29) is 12.4 Å². The Morgan fingerprint density at radius 1 is 1.21 bits per heavy atom. The van der Waals surface area contributed by atoms with Gasteiger partial charge in [-0.1, -0.05) is 48.2 Å². The number of rotatable bonds is 8. The molecule has 9 heteroatoms. The summed E-state index contributed by atoms with van der Waals surface area (Å²) in [6.45, 7) is 6.74. The van der Waals surface area contributed by atoms with Crippen LogP contribution in [0.15, 0.2) is 70.8 Å². The van der Waals surface area contributed by atoms with E-state index in [0.29, 0.717) is 47.0 Å². The average Bonchev–Trinajstić information content (AvgIpc) is 3.44. The number of furan rings is 1. The van der Waals surface area contributed by atoms with Gasteiger partial charge in [-0.25, -0.2) is 4.79 Å². The Labute approximate surface area is 200 Å². The highest BCUT2D eigenvalue weighted by Gasteiger charge is 2.29. The molecule has 0 N–H and O–H groups in total. The summed E-state index contributed by atoms with van der Waals surface area (Å²) in [6, 6.07) is 15.1. The zero-order valence-electron chi connectivity index (χ0n) is 18.6. The normalized spacial score (nSPS) is 14.8. The molecule has 1 atom stereocenters. The smallest absolute Gasteiger partial charge is 0.374 e. The Morgan fingerprint density at radius 2 is 2.00 bits per heavy atom. The average molecular weight is 478 g/mol. The second-order valence-electron chi connectivity index (χ2n) is 7.52. The van der Waals surface area contributed by atoms with E-state index in [9.17, 15) is 4.79 Å². The first kappa shape index (κ1) is 22.1. The summed E-state index contributed by atoms with van der Waals surface area (Å²) in [4.78, 5) is 12.5. The van der Waals surface area contributed by atoms with Crippen molar-refractivity contribution in [2.24, 2.45) is 0 Å². The van der Waals surface area contributed by atoms with Gasteiger partial charge in [-0.15, -0.1) is 16.8 Å². The van der Waals surface area contributed by atoms with Crippen molar-refractivity contribution < 1.29 is 23.4 Å². The van der Waals surface area contributed by atoms with Crippen LogP contribution in [0, 0.1) is 0 Å². The molecule has 0 radical (unpaired) electrons. The molecule has 8 nitrogen and oxygen atoms in total. The number of esters is 1. The second-order valence-corrected chi connectivity index (χ2v) is 8.46. The standard InChI is InChI=1S/C25H23N3O5S/c1-3-13-28-23(21-14-31-19-11-7-8-12-20(19)32-21)26-27-25(28)34-15-17-16-9-5-6-10-18(16)33-22(17)24(29)30-4-2/h3,5-12,21H,1,4,13-15H2,2H3/t21-/m1/s1.